The molecule has 4 heteroatoms. The van der Waals surface area contributed by atoms with Gasteiger partial charge in [0.15, 0.2) is 5.78 Å². The number of Topliss-reactive ketones (excluding diaryl/α,β-unsaturated/α-hetero) is 1. The van der Waals surface area contributed by atoms with Crippen LogP contribution in [0, 0.1) is 0 Å². The van der Waals surface area contributed by atoms with Crippen molar-refractivity contribution in [3.63, 3.8) is 0 Å². The zero-order valence-corrected chi connectivity index (χ0v) is 7.91. The van der Waals surface area contributed by atoms with E-state index in [0.29, 0.717) is 19.6 Å². The number of hydrogen-bond acceptors (Lipinski definition) is 3. The number of likely N-dealkylation sites (tertiary alicyclic amines) is 1. The van der Waals surface area contributed by atoms with E-state index in [0.717, 1.165) is 12.8 Å². The predicted octanol–water partition coefficient (Wildman–Crippen LogP) is 1.20. The number of ketones is 1. The molecule has 0 aromatic carbocycles. The fraction of sp³-hybridized carbons (Fsp3) is 0.778. The maximum absolute atomic E-state index is 11.3. The Bertz CT molecular complexity index is 203. The molecule has 1 fully saturated rings. The molecule has 1 rings (SSSR count). The van der Waals surface area contributed by atoms with Crippen LogP contribution in [-0.4, -0.2) is 36.5 Å². The third-order valence-corrected chi connectivity index (χ3v) is 1.94. The van der Waals surface area contributed by atoms with E-state index in [1.165, 1.54) is 4.90 Å². The lowest BCUT2D eigenvalue weighted by molar-refractivity contribution is -0.121. The van der Waals surface area contributed by atoms with Gasteiger partial charge in [-0.2, -0.15) is 0 Å². The minimum atomic E-state index is -0.352. The highest BCUT2D eigenvalue weighted by atomic mass is 16.6. The van der Waals surface area contributed by atoms with Gasteiger partial charge in [0.05, 0.1) is 13.2 Å². The lowest BCUT2D eigenvalue weighted by Gasteiger charge is -2.24. The van der Waals surface area contributed by atoms with Gasteiger partial charge in [0, 0.05) is 13.0 Å². The molecule has 0 radical (unpaired) electrons. The fourth-order valence-corrected chi connectivity index (χ4v) is 1.27. The minimum Gasteiger partial charge on any atom is -0.449 e. The molecule has 0 bridgehead atoms. The first-order chi connectivity index (χ1) is 6.24. The molecule has 1 amide bonds. The topological polar surface area (TPSA) is 46.6 Å². The van der Waals surface area contributed by atoms with Crippen LogP contribution in [0.4, 0.5) is 4.79 Å². The van der Waals surface area contributed by atoms with E-state index in [2.05, 4.69) is 0 Å². The van der Waals surface area contributed by atoms with Gasteiger partial charge in [0.2, 0.25) is 0 Å². The van der Waals surface area contributed by atoms with E-state index >= 15 is 0 Å². The predicted molar refractivity (Wildman–Crippen MR) is 47.5 cm³/mol. The molecule has 0 spiro atoms. The van der Waals surface area contributed by atoms with Gasteiger partial charge in [-0.15, -0.1) is 0 Å². The van der Waals surface area contributed by atoms with Crippen LogP contribution in [0.2, 0.25) is 0 Å². The first kappa shape index (κ1) is 10.0. The average Bonchev–Trinajstić information content (AvgIpc) is 2.14. The van der Waals surface area contributed by atoms with E-state index in [1.54, 1.807) is 0 Å². The van der Waals surface area contributed by atoms with Crippen LogP contribution >= 0.6 is 0 Å². The lowest BCUT2D eigenvalue weighted by atomic mass is 10.1. The van der Waals surface area contributed by atoms with Crippen molar-refractivity contribution in [2.24, 2.45) is 0 Å². The zero-order valence-electron chi connectivity index (χ0n) is 7.91. The van der Waals surface area contributed by atoms with Crippen molar-refractivity contribution >= 4 is 11.9 Å². The Morgan fingerprint density at radius 1 is 1.62 bits per heavy atom. The largest absolute Gasteiger partial charge is 0.449 e. The second-order valence-electron chi connectivity index (χ2n) is 3.18. The number of carbonyl (C=O) groups is 2. The molecule has 13 heavy (non-hydrogen) atoms. The molecule has 0 saturated carbocycles. The van der Waals surface area contributed by atoms with Crippen molar-refractivity contribution in [2.75, 3.05) is 19.7 Å². The Morgan fingerprint density at radius 2 is 2.38 bits per heavy atom. The van der Waals surface area contributed by atoms with Crippen molar-refractivity contribution in [1.29, 1.82) is 0 Å². The molecule has 0 atom stereocenters. The molecule has 0 aliphatic carbocycles. The summed E-state index contributed by atoms with van der Waals surface area (Å²) in [5.74, 6) is 0.125. The number of piperidine rings is 1. The Morgan fingerprint density at radius 3 is 3.00 bits per heavy atom. The summed E-state index contributed by atoms with van der Waals surface area (Å²) in [6.07, 6.45) is 1.82. The van der Waals surface area contributed by atoms with E-state index < -0.39 is 0 Å². The quantitative estimate of drug-likeness (QED) is 0.649. The van der Waals surface area contributed by atoms with Crippen LogP contribution in [0.25, 0.3) is 0 Å². The van der Waals surface area contributed by atoms with Crippen molar-refractivity contribution in [2.45, 2.75) is 26.2 Å². The Balaban J connectivity index is 2.32. The fourth-order valence-electron chi connectivity index (χ4n) is 1.27. The molecule has 0 unspecified atom stereocenters. The van der Waals surface area contributed by atoms with Crippen molar-refractivity contribution in [3.8, 4) is 0 Å². The van der Waals surface area contributed by atoms with Crippen LogP contribution < -0.4 is 0 Å². The minimum absolute atomic E-state index is 0.125. The lowest BCUT2D eigenvalue weighted by Crippen LogP contribution is -2.40. The summed E-state index contributed by atoms with van der Waals surface area (Å²) < 4.78 is 4.91. The average molecular weight is 185 g/mol. The molecule has 0 aromatic rings. The van der Waals surface area contributed by atoms with Crippen molar-refractivity contribution in [1.82, 2.24) is 4.90 Å². The van der Waals surface area contributed by atoms with Crippen LogP contribution in [0.1, 0.15) is 26.2 Å². The maximum atomic E-state index is 11.3. The highest BCUT2D eigenvalue weighted by molar-refractivity contribution is 5.85. The molecule has 0 N–H and O–H groups in total. The summed E-state index contributed by atoms with van der Waals surface area (Å²) >= 11 is 0. The number of rotatable bonds is 2. The molecule has 0 aromatic heterocycles. The van der Waals surface area contributed by atoms with Gasteiger partial charge >= 0.3 is 6.09 Å². The number of amides is 1. The number of hydrogen-bond donors (Lipinski definition) is 0. The van der Waals surface area contributed by atoms with Crippen molar-refractivity contribution < 1.29 is 14.3 Å². The first-order valence-electron chi connectivity index (χ1n) is 4.67. The number of carbonyl (C=O) groups excluding carboxylic acids is 2. The normalized spacial score (nSPS) is 17.3. The Kier molecular flexibility index (Phi) is 3.73. The second-order valence-corrected chi connectivity index (χ2v) is 3.18. The van der Waals surface area contributed by atoms with E-state index in [1.807, 2.05) is 6.92 Å². The molecular formula is C9H15NO3. The highest BCUT2D eigenvalue weighted by Gasteiger charge is 2.21. The maximum Gasteiger partial charge on any atom is 0.410 e. The standard InChI is InChI=1S/C9H15NO3/c1-2-6-13-9(12)10-5-3-4-8(11)7-10/h2-7H2,1H3. The van der Waals surface area contributed by atoms with E-state index in [4.69, 9.17) is 4.74 Å². The van der Waals surface area contributed by atoms with Crippen LogP contribution in [0.3, 0.4) is 0 Å². The third-order valence-electron chi connectivity index (χ3n) is 1.94. The van der Waals surface area contributed by atoms with Gasteiger partial charge in [-0.1, -0.05) is 6.92 Å². The molecule has 1 aliphatic heterocycles. The number of nitrogens with zero attached hydrogens (tertiary/aromatic N) is 1. The van der Waals surface area contributed by atoms with Crippen molar-refractivity contribution in [3.05, 3.63) is 0 Å². The molecule has 74 valence electrons. The third kappa shape index (κ3) is 3.05. The van der Waals surface area contributed by atoms with Gasteiger partial charge < -0.3 is 9.64 Å². The van der Waals surface area contributed by atoms with Gasteiger partial charge in [-0.3, -0.25) is 4.79 Å². The Hall–Kier alpha value is -1.06. The molecule has 1 aliphatic rings. The summed E-state index contributed by atoms with van der Waals surface area (Å²) in [6, 6.07) is 0. The molecule has 1 saturated heterocycles. The van der Waals surface area contributed by atoms with Gasteiger partial charge in [-0.05, 0) is 12.8 Å². The molecular weight excluding hydrogens is 170 g/mol. The Labute approximate surface area is 77.8 Å². The monoisotopic (exact) mass is 185 g/mol. The molecule has 1 heterocycles. The summed E-state index contributed by atoms with van der Waals surface area (Å²) in [5.41, 5.74) is 0. The van der Waals surface area contributed by atoms with E-state index in [9.17, 15) is 9.59 Å². The van der Waals surface area contributed by atoms with Crippen LogP contribution in [0.5, 0.6) is 0 Å². The second kappa shape index (κ2) is 4.84. The van der Waals surface area contributed by atoms with Crippen LogP contribution in [-0.2, 0) is 9.53 Å². The van der Waals surface area contributed by atoms with Gasteiger partial charge in [0.1, 0.15) is 0 Å². The smallest absolute Gasteiger partial charge is 0.410 e. The zero-order chi connectivity index (χ0) is 9.68. The molecule has 4 nitrogen and oxygen atoms in total. The summed E-state index contributed by atoms with van der Waals surface area (Å²) in [5, 5.41) is 0. The summed E-state index contributed by atoms with van der Waals surface area (Å²) in [4.78, 5) is 23.7. The summed E-state index contributed by atoms with van der Waals surface area (Å²) in [6.45, 7) is 3.25. The number of ether oxygens (including phenoxy) is 1. The SMILES string of the molecule is CCCOC(=O)N1CCCC(=O)C1. The first-order valence-corrected chi connectivity index (χ1v) is 4.67. The van der Waals surface area contributed by atoms with Crippen LogP contribution in [0.15, 0.2) is 0 Å². The van der Waals surface area contributed by atoms with Gasteiger partial charge in [-0.25, -0.2) is 4.79 Å². The highest BCUT2D eigenvalue weighted by Crippen LogP contribution is 2.07. The van der Waals surface area contributed by atoms with Gasteiger partial charge in [0.25, 0.3) is 0 Å². The van der Waals surface area contributed by atoms with E-state index in [-0.39, 0.29) is 18.4 Å². The summed E-state index contributed by atoms with van der Waals surface area (Å²) in [7, 11) is 0.